The largest absolute Gasteiger partial charge is 0.396 e. The molecule has 6 heteroatoms. The van der Waals surface area contributed by atoms with Gasteiger partial charge in [0.1, 0.15) is 0 Å². The molecule has 0 saturated carbocycles. The molecule has 1 aromatic carbocycles. The number of hydrogen-bond acceptors (Lipinski definition) is 2. The Balaban J connectivity index is 2.22. The highest BCUT2D eigenvalue weighted by molar-refractivity contribution is 6.33. The first-order valence-corrected chi connectivity index (χ1v) is 6.45. The average molecular weight is 290 g/mol. The molecular weight excluding hydrogens is 276 g/mol. The molecule has 1 fully saturated rings. The molecule has 1 heterocycles. The van der Waals surface area contributed by atoms with E-state index in [0.29, 0.717) is 13.1 Å². The molecule has 0 aromatic heterocycles. The van der Waals surface area contributed by atoms with Gasteiger partial charge in [-0.05, 0) is 30.9 Å². The van der Waals surface area contributed by atoms with Crippen molar-refractivity contribution < 1.29 is 18.7 Å². The summed E-state index contributed by atoms with van der Waals surface area (Å²) < 4.78 is 26.1. The number of rotatable bonds is 2. The summed E-state index contributed by atoms with van der Waals surface area (Å²) in [6.45, 7) is 0.949. The Morgan fingerprint density at radius 2 is 2.11 bits per heavy atom. The number of carbonyl (C=O) groups is 1. The number of aliphatic hydroxyl groups excluding tert-OH is 1. The second-order valence-corrected chi connectivity index (χ2v) is 5.10. The maximum atomic E-state index is 13.2. The summed E-state index contributed by atoms with van der Waals surface area (Å²) >= 11 is 5.78. The third-order valence-electron chi connectivity index (χ3n) is 3.30. The number of halogens is 3. The van der Waals surface area contributed by atoms with Crippen LogP contribution >= 0.6 is 11.6 Å². The predicted molar refractivity (Wildman–Crippen MR) is 67.1 cm³/mol. The van der Waals surface area contributed by atoms with Crippen molar-refractivity contribution in [3.8, 4) is 0 Å². The van der Waals surface area contributed by atoms with Gasteiger partial charge >= 0.3 is 0 Å². The number of benzene rings is 1. The fourth-order valence-electron chi connectivity index (χ4n) is 2.26. The van der Waals surface area contributed by atoms with Crippen LogP contribution in [0, 0.1) is 17.6 Å². The fourth-order valence-corrected chi connectivity index (χ4v) is 2.49. The van der Waals surface area contributed by atoms with Crippen molar-refractivity contribution in [2.24, 2.45) is 5.92 Å². The van der Waals surface area contributed by atoms with Crippen LogP contribution in [-0.4, -0.2) is 35.6 Å². The van der Waals surface area contributed by atoms with E-state index in [-0.39, 0.29) is 23.1 Å². The van der Waals surface area contributed by atoms with Crippen molar-refractivity contribution in [3.63, 3.8) is 0 Å². The Kier molecular flexibility index (Phi) is 4.37. The third-order valence-corrected chi connectivity index (χ3v) is 3.62. The molecule has 104 valence electrons. The SMILES string of the molecule is O=C(c1cc(F)c(F)cc1Cl)N1CCCC(CO)C1. The van der Waals surface area contributed by atoms with Gasteiger partial charge in [0.05, 0.1) is 10.6 Å². The van der Waals surface area contributed by atoms with Crippen LogP contribution < -0.4 is 0 Å². The van der Waals surface area contributed by atoms with E-state index in [1.807, 2.05) is 0 Å². The van der Waals surface area contributed by atoms with E-state index in [1.54, 1.807) is 0 Å². The molecule has 2 rings (SSSR count). The quantitative estimate of drug-likeness (QED) is 0.850. The maximum absolute atomic E-state index is 13.2. The Morgan fingerprint density at radius 3 is 2.79 bits per heavy atom. The first-order valence-electron chi connectivity index (χ1n) is 6.07. The number of nitrogens with zero attached hydrogens (tertiary/aromatic N) is 1. The fraction of sp³-hybridized carbons (Fsp3) is 0.462. The van der Waals surface area contributed by atoms with Gasteiger partial charge in [-0.25, -0.2) is 8.78 Å². The van der Waals surface area contributed by atoms with E-state index in [2.05, 4.69) is 0 Å². The zero-order valence-electron chi connectivity index (χ0n) is 10.2. The van der Waals surface area contributed by atoms with Crippen LogP contribution in [0.15, 0.2) is 12.1 Å². The van der Waals surface area contributed by atoms with Crippen LogP contribution in [0.5, 0.6) is 0 Å². The second kappa shape index (κ2) is 5.84. The summed E-state index contributed by atoms with van der Waals surface area (Å²) in [5.74, 6) is -2.57. The molecule has 19 heavy (non-hydrogen) atoms. The molecule has 1 aromatic rings. The number of aliphatic hydroxyl groups is 1. The highest BCUT2D eigenvalue weighted by Crippen LogP contribution is 2.24. The Hall–Kier alpha value is -1.20. The molecule has 1 N–H and O–H groups in total. The highest BCUT2D eigenvalue weighted by Gasteiger charge is 2.26. The lowest BCUT2D eigenvalue weighted by Gasteiger charge is -2.32. The Bertz CT molecular complexity index is 496. The van der Waals surface area contributed by atoms with Gasteiger partial charge in [-0.15, -0.1) is 0 Å². The summed E-state index contributed by atoms with van der Waals surface area (Å²) in [4.78, 5) is 13.7. The topological polar surface area (TPSA) is 40.5 Å². The van der Waals surface area contributed by atoms with E-state index >= 15 is 0 Å². The van der Waals surface area contributed by atoms with Gasteiger partial charge in [0.15, 0.2) is 11.6 Å². The molecule has 0 radical (unpaired) electrons. The molecule has 1 saturated heterocycles. The summed E-state index contributed by atoms with van der Waals surface area (Å²) in [5.41, 5.74) is -0.0424. The second-order valence-electron chi connectivity index (χ2n) is 4.69. The standard InChI is InChI=1S/C13H14ClF2NO2/c14-10-5-12(16)11(15)4-9(10)13(19)17-3-1-2-8(6-17)7-18/h4-5,8,18H,1-3,6-7H2. The minimum Gasteiger partial charge on any atom is -0.396 e. The van der Waals surface area contributed by atoms with Crippen LogP contribution in [-0.2, 0) is 0 Å². The lowest BCUT2D eigenvalue weighted by atomic mass is 9.98. The van der Waals surface area contributed by atoms with Gasteiger partial charge in [-0.1, -0.05) is 11.6 Å². The van der Waals surface area contributed by atoms with Crippen molar-refractivity contribution in [1.82, 2.24) is 4.90 Å². The summed E-state index contributed by atoms with van der Waals surface area (Å²) in [6, 6.07) is 1.63. The molecule has 1 aliphatic rings. The van der Waals surface area contributed by atoms with Crippen LogP contribution in [0.1, 0.15) is 23.2 Å². The molecular formula is C13H14ClF2NO2. The minimum atomic E-state index is -1.09. The summed E-state index contributed by atoms with van der Waals surface area (Å²) in [7, 11) is 0. The van der Waals surface area contributed by atoms with Crippen LogP contribution in [0.3, 0.4) is 0 Å². The van der Waals surface area contributed by atoms with E-state index in [0.717, 1.165) is 25.0 Å². The summed E-state index contributed by atoms with van der Waals surface area (Å²) in [6.07, 6.45) is 1.63. The number of amides is 1. The number of hydrogen-bond donors (Lipinski definition) is 1. The molecule has 0 aliphatic carbocycles. The average Bonchev–Trinajstić information content (AvgIpc) is 2.42. The van der Waals surface area contributed by atoms with E-state index in [1.165, 1.54) is 4.90 Å². The van der Waals surface area contributed by atoms with Gasteiger partial charge in [0, 0.05) is 19.7 Å². The molecule has 3 nitrogen and oxygen atoms in total. The van der Waals surface area contributed by atoms with E-state index < -0.39 is 17.5 Å². The molecule has 1 unspecified atom stereocenters. The predicted octanol–water partition coefficient (Wildman–Crippen LogP) is 2.46. The lowest BCUT2D eigenvalue weighted by molar-refractivity contribution is 0.0620. The molecule has 0 spiro atoms. The van der Waals surface area contributed by atoms with Gasteiger partial charge in [-0.3, -0.25) is 4.79 Å². The molecule has 1 amide bonds. The monoisotopic (exact) mass is 289 g/mol. The normalized spacial score (nSPS) is 19.6. The summed E-state index contributed by atoms with van der Waals surface area (Å²) in [5, 5.41) is 9.02. The zero-order valence-corrected chi connectivity index (χ0v) is 11.0. The van der Waals surface area contributed by atoms with Crippen LogP contribution in [0.2, 0.25) is 5.02 Å². The van der Waals surface area contributed by atoms with E-state index in [9.17, 15) is 13.6 Å². The van der Waals surface area contributed by atoms with Gasteiger partial charge in [0.2, 0.25) is 0 Å². The van der Waals surface area contributed by atoms with Gasteiger partial charge < -0.3 is 10.0 Å². The zero-order chi connectivity index (χ0) is 14.0. The van der Waals surface area contributed by atoms with Crippen molar-refractivity contribution in [2.75, 3.05) is 19.7 Å². The Labute approximate surface area is 114 Å². The first kappa shape index (κ1) is 14.2. The smallest absolute Gasteiger partial charge is 0.255 e. The maximum Gasteiger partial charge on any atom is 0.255 e. The van der Waals surface area contributed by atoms with Crippen LogP contribution in [0.4, 0.5) is 8.78 Å². The Morgan fingerprint density at radius 1 is 1.42 bits per heavy atom. The lowest BCUT2D eigenvalue weighted by Crippen LogP contribution is -2.41. The van der Waals surface area contributed by atoms with Crippen molar-refractivity contribution in [2.45, 2.75) is 12.8 Å². The first-order chi connectivity index (χ1) is 9.02. The number of likely N-dealkylation sites (tertiary alicyclic amines) is 1. The van der Waals surface area contributed by atoms with Crippen molar-refractivity contribution in [3.05, 3.63) is 34.4 Å². The molecule has 1 atom stereocenters. The third kappa shape index (κ3) is 3.04. The van der Waals surface area contributed by atoms with Crippen LogP contribution in [0.25, 0.3) is 0 Å². The minimum absolute atomic E-state index is 0.00922. The van der Waals surface area contributed by atoms with Gasteiger partial charge in [-0.2, -0.15) is 0 Å². The number of piperidine rings is 1. The highest BCUT2D eigenvalue weighted by atomic mass is 35.5. The van der Waals surface area contributed by atoms with Crippen molar-refractivity contribution in [1.29, 1.82) is 0 Å². The molecule has 1 aliphatic heterocycles. The van der Waals surface area contributed by atoms with E-state index in [4.69, 9.17) is 16.7 Å². The van der Waals surface area contributed by atoms with Gasteiger partial charge in [0.25, 0.3) is 5.91 Å². The van der Waals surface area contributed by atoms with Crippen molar-refractivity contribution >= 4 is 17.5 Å². The molecule has 0 bridgehead atoms. The number of carbonyl (C=O) groups excluding carboxylic acids is 1.